The fraction of sp³-hybridized carbons (Fsp3) is 0.294. The van der Waals surface area contributed by atoms with E-state index in [-0.39, 0.29) is 29.5 Å². The molecule has 0 aliphatic heterocycles. The van der Waals surface area contributed by atoms with Gasteiger partial charge in [-0.15, -0.1) is 0 Å². The van der Waals surface area contributed by atoms with E-state index in [9.17, 15) is 14.7 Å². The van der Waals surface area contributed by atoms with E-state index in [0.717, 1.165) is 0 Å². The summed E-state index contributed by atoms with van der Waals surface area (Å²) in [6.07, 6.45) is 2.83. The molecule has 2 heterocycles. The van der Waals surface area contributed by atoms with Crippen LogP contribution in [0.25, 0.3) is 0 Å². The molecule has 4 N–H and O–H groups in total. The van der Waals surface area contributed by atoms with Gasteiger partial charge in [-0.05, 0) is 23.6 Å². The summed E-state index contributed by atoms with van der Waals surface area (Å²) in [6, 6.07) is 4.66. The molecule has 0 radical (unpaired) electrons. The summed E-state index contributed by atoms with van der Waals surface area (Å²) in [6.45, 7) is 5.70. The van der Waals surface area contributed by atoms with Crippen LogP contribution in [0.2, 0.25) is 0 Å². The first-order chi connectivity index (χ1) is 11.2. The predicted molar refractivity (Wildman–Crippen MR) is 89.7 cm³/mol. The maximum absolute atomic E-state index is 12.3. The SMILES string of the molecule is CC(C)(C)c1c(NC(=O)Cc2ncccc2O)ccnc1C(N)=O. The maximum Gasteiger partial charge on any atom is 0.267 e. The lowest BCUT2D eigenvalue weighted by atomic mass is 9.84. The number of nitrogens with two attached hydrogens (primary N) is 1. The average molecular weight is 328 g/mol. The molecule has 2 aromatic heterocycles. The molecule has 0 saturated carbocycles. The largest absolute Gasteiger partial charge is 0.506 e. The summed E-state index contributed by atoms with van der Waals surface area (Å²) in [5.41, 5.74) is 6.38. The molecule has 2 rings (SSSR count). The third kappa shape index (κ3) is 3.87. The zero-order valence-corrected chi connectivity index (χ0v) is 13.8. The summed E-state index contributed by atoms with van der Waals surface area (Å²) in [5, 5.41) is 12.5. The van der Waals surface area contributed by atoms with Gasteiger partial charge in [0.2, 0.25) is 5.91 Å². The normalized spacial score (nSPS) is 11.1. The zero-order chi connectivity index (χ0) is 17.9. The van der Waals surface area contributed by atoms with Crippen molar-refractivity contribution in [2.75, 3.05) is 5.32 Å². The number of aromatic nitrogens is 2. The monoisotopic (exact) mass is 328 g/mol. The second kappa shape index (κ2) is 6.66. The number of aromatic hydroxyl groups is 1. The van der Waals surface area contributed by atoms with Crippen molar-refractivity contribution in [2.24, 2.45) is 5.73 Å². The van der Waals surface area contributed by atoms with Crippen molar-refractivity contribution in [3.63, 3.8) is 0 Å². The van der Waals surface area contributed by atoms with E-state index in [1.807, 2.05) is 20.8 Å². The fourth-order valence-electron chi connectivity index (χ4n) is 2.42. The minimum absolute atomic E-state index is 0.0451. The van der Waals surface area contributed by atoms with Crippen molar-refractivity contribution in [2.45, 2.75) is 32.6 Å². The molecule has 0 unspecified atom stereocenters. The Balaban J connectivity index is 2.33. The molecular weight excluding hydrogens is 308 g/mol. The highest BCUT2D eigenvalue weighted by Crippen LogP contribution is 2.31. The standard InChI is InChI=1S/C17H20N4O3/c1-17(2,3)14-10(6-8-20-15(14)16(18)24)21-13(23)9-11-12(22)5-4-7-19-11/h4-8,22H,9H2,1-3H3,(H2,18,24)(H,20,21,23). The first kappa shape index (κ1) is 17.4. The van der Waals surface area contributed by atoms with Crippen LogP contribution in [0.5, 0.6) is 5.75 Å². The molecule has 0 fully saturated rings. The number of hydrogen-bond donors (Lipinski definition) is 3. The molecule has 0 aromatic carbocycles. The lowest BCUT2D eigenvalue weighted by Gasteiger charge is -2.24. The number of anilines is 1. The third-order valence-corrected chi connectivity index (χ3v) is 3.40. The molecule has 2 amide bonds. The van der Waals surface area contributed by atoms with Gasteiger partial charge in [-0.25, -0.2) is 0 Å². The van der Waals surface area contributed by atoms with Gasteiger partial charge in [0.05, 0.1) is 12.1 Å². The van der Waals surface area contributed by atoms with Crippen LogP contribution in [0.3, 0.4) is 0 Å². The van der Waals surface area contributed by atoms with Crippen molar-refractivity contribution in [1.29, 1.82) is 0 Å². The molecule has 0 spiro atoms. The van der Waals surface area contributed by atoms with Crippen molar-refractivity contribution < 1.29 is 14.7 Å². The second-order valence-corrected chi connectivity index (χ2v) is 6.39. The van der Waals surface area contributed by atoms with Crippen LogP contribution in [0.1, 0.15) is 42.5 Å². The number of primary amides is 1. The predicted octanol–water partition coefficient (Wildman–Crippen LogP) is 1.76. The number of nitrogens with zero attached hydrogens (tertiary/aromatic N) is 2. The van der Waals surface area contributed by atoms with Crippen LogP contribution in [-0.2, 0) is 16.6 Å². The van der Waals surface area contributed by atoms with Gasteiger partial charge >= 0.3 is 0 Å². The topological polar surface area (TPSA) is 118 Å². The van der Waals surface area contributed by atoms with E-state index >= 15 is 0 Å². The number of amides is 2. The van der Waals surface area contributed by atoms with Crippen molar-refractivity contribution in [3.8, 4) is 5.75 Å². The number of carbonyl (C=O) groups excluding carboxylic acids is 2. The Hall–Kier alpha value is -2.96. The van der Waals surface area contributed by atoms with Gasteiger partial charge in [-0.1, -0.05) is 20.8 Å². The van der Waals surface area contributed by atoms with E-state index in [4.69, 9.17) is 5.73 Å². The minimum Gasteiger partial charge on any atom is -0.506 e. The molecule has 0 aliphatic carbocycles. The summed E-state index contributed by atoms with van der Waals surface area (Å²) < 4.78 is 0. The molecule has 0 bridgehead atoms. The van der Waals surface area contributed by atoms with E-state index in [0.29, 0.717) is 11.3 Å². The molecule has 24 heavy (non-hydrogen) atoms. The third-order valence-electron chi connectivity index (χ3n) is 3.40. The van der Waals surface area contributed by atoms with Gasteiger partial charge in [-0.2, -0.15) is 0 Å². The number of pyridine rings is 2. The van der Waals surface area contributed by atoms with Crippen molar-refractivity contribution in [1.82, 2.24) is 9.97 Å². The van der Waals surface area contributed by atoms with Gasteiger partial charge in [0.1, 0.15) is 11.4 Å². The number of hydrogen-bond acceptors (Lipinski definition) is 5. The molecule has 0 atom stereocenters. The lowest BCUT2D eigenvalue weighted by Crippen LogP contribution is -2.26. The smallest absolute Gasteiger partial charge is 0.267 e. The van der Waals surface area contributed by atoms with Crippen molar-refractivity contribution in [3.05, 3.63) is 47.5 Å². The summed E-state index contributed by atoms with van der Waals surface area (Å²) >= 11 is 0. The Bertz CT molecular complexity index is 782. The van der Waals surface area contributed by atoms with Crippen LogP contribution in [0.4, 0.5) is 5.69 Å². The quantitative estimate of drug-likeness (QED) is 0.790. The van der Waals surface area contributed by atoms with Crippen molar-refractivity contribution >= 4 is 17.5 Å². The molecule has 0 saturated heterocycles. The number of carbonyl (C=O) groups is 2. The van der Waals surface area contributed by atoms with Gasteiger partial charge < -0.3 is 16.2 Å². The number of rotatable bonds is 4. The maximum atomic E-state index is 12.3. The van der Waals surface area contributed by atoms with Gasteiger partial charge in [-0.3, -0.25) is 19.6 Å². The first-order valence-electron chi connectivity index (χ1n) is 7.42. The van der Waals surface area contributed by atoms with E-state index in [1.54, 1.807) is 12.1 Å². The lowest BCUT2D eigenvalue weighted by molar-refractivity contribution is -0.115. The number of nitrogens with one attached hydrogen (secondary N) is 1. The van der Waals surface area contributed by atoms with Gasteiger partial charge in [0, 0.05) is 23.6 Å². The van der Waals surface area contributed by atoms with E-state index in [2.05, 4.69) is 15.3 Å². The fourth-order valence-corrected chi connectivity index (χ4v) is 2.42. The van der Waals surface area contributed by atoms with Crippen LogP contribution in [0, 0.1) is 0 Å². The Morgan fingerprint density at radius 1 is 1.21 bits per heavy atom. The minimum atomic E-state index is -0.654. The Morgan fingerprint density at radius 2 is 1.92 bits per heavy atom. The van der Waals surface area contributed by atoms with Crippen LogP contribution in [-0.4, -0.2) is 26.9 Å². The molecule has 7 heteroatoms. The van der Waals surface area contributed by atoms with E-state index in [1.165, 1.54) is 18.5 Å². The van der Waals surface area contributed by atoms with Crippen LogP contribution in [0.15, 0.2) is 30.6 Å². The second-order valence-electron chi connectivity index (χ2n) is 6.39. The highest BCUT2D eigenvalue weighted by Gasteiger charge is 2.26. The molecule has 7 nitrogen and oxygen atoms in total. The Morgan fingerprint density at radius 3 is 2.50 bits per heavy atom. The molecular formula is C17H20N4O3. The molecule has 2 aromatic rings. The first-order valence-corrected chi connectivity index (χ1v) is 7.42. The summed E-state index contributed by atoms with van der Waals surface area (Å²) in [4.78, 5) is 32.0. The molecule has 126 valence electrons. The highest BCUT2D eigenvalue weighted by atomic mass is 16.3. The van der Waals surface area contributed by atoms with Gasteiger partial charge in [0.25, 0.3) is 5.91 Å². The molecule has 0 aliphatic rings. The van der Waals surface area contributed by atoms with E-state index < -0.39 is 11.3 Å². The Kier molecular flexibility index (Phi) is 4.82. The summed E-state index contributed by atoms with van der Waals surface area (Å²) in [5.74, 6) is -1.06. The highest BCUT2D eigenvalue weighted by molar-refractivity contribution is 5.98. The average Bonchev–Trinajstić information content (AvgIpc) is 2.48. The zero-order valence-electron chi connectivity index (χ0n) is 13.8. The van der Waals surface area contributed by atoms with Crippen LogP contribution >= 0.6 is 0 Å². The summed E-state index contributed by atoms with van der Waals surface area (Å²) in [7, 11) is 0. The Labute approximate surface area is 139 Å². The van der Waals surface area contributed by atoms with Crippen LogP contribution < -0.4 is 11.1 Å². The van der Waals surface area contributed by atoms with Gasteiger partial charge in [0.15, 0.2) is 0 Å².